The molecule has 3 aromatic rings. The summed E-state index contributed by atoms with van der Waals surface area (Å²) < 4.78 is 11.5. The molecule has 0 radical (unpaired) electrons. The zero-order chi connectivity index (χ0) is 22.2. The van der Waals surface area contributed by atoms with E-state index >= 15 is 0 Å². The monoisotopic (exact) mass is 451 g/mol. The van der Waals surface area contributed by atoms with Gasteiger partial charge < -0.3 is 19.5 Å². The van der Waals surface area contributed by atoms with E-state index in [0.717, 1.165) is 24.2 Å². The minimum atomic E-state index is -0.335. The highest BCUT2D eigenvalue weighted by Crippen LogP contribution is 2.37. The Kier molecular flexibility index (Phi) is 5.36. The molecular formula is C24H22ClN3O4. The van der Waals surface area contributed by atoms with Gasteiger partial charge in [0.2, 0.25) is 0 Å². The van der Waals surface area contributed by atoms with Crippen molar-refractivity contribution in [2.75, 3.05) is 36.7 Å². The topological polar surface area (TPSA) is 75.1 Å². The molecule has 1 amide bonds. The number of hydrogen-bond donors (Lipinski definition) is 1. The Morgan fingerprint density at radius 2 is 2.00 bits per heavy atom. The molecule has 1 unspecified atom stereocenters. The minimum absolute atomic E-state index is 0.0842. The number of anilines is 2. The molecule has 3 heterocycles. The van der Waals surface area contributed by atoms with Crippen molar-refractivity contribution >= 4 is 28.9 Å². The van der Waals surface area contributed by atoms with Crippen molar-refractivity contribution in [2.45, 2.75) is 12.5 Å². The highest BCUT2D eigenvalue weighted by atomic mass is 35.5. The molecule has 1 N–H and O–H groups in total. The maximum Gasteiger partial charge on any atom is 0.266 e. The molecule has 5 rings (SSSR count). The van der Waals surface area contributed by atoms with E-state index in [4.69, 9.17) is 21.1 Å². The molecule has 0 aliphatic carbocycles. The van der Waals surface area contributed by atoms with Crippen molar-refractivity contribution in [3.63, 3.8) is 0 Å². The predicted octanol–water partition coefficient (Wildman–Crippen LogP) is 3.98. The lowest BCUT2D eigenvalue weighted by Gasteiger charge is -2.30. The fourth-order valence-electron chi connectivity index (χ4n) is 4.08. The second kappa shape index (κ2) is 8.33. The van der Waals surface area contributed by atoms with E-state index in [-0.39, 0.29) is 18.7 Å². The number of carbonyl (C=O) groups is 1. The van der Waals surface area contributed by atoms with Crippen molar-refractivity contribution in [2.24, 2.45) is 0 Å². The van der Waals surface area contributed by atoms with Crippen LogP contribution in [0.25, 0.3) is 11.3 Å². The number of aliphatic hydroxyl groups is 1. The van der Waals surface area contributed by atoms with Gasteiger partial charge >= 0.3 is 0 Å². The van der Waals surface area contributed by atoms with Crippen LogP contribution >= 0.6 is 11.6 Å². The molecule has 0 saturated carbocycles. The molecule has 2 aliphatic rings. The zero-order valence-corrected chi connectivity index (χ0v) is 18.2. The molecule has 2 aliphatic heterocycles. The van der Waals surface area contributed by atoms with Crippen LogP contribution in [-0.4, -0.2) is 49.0 Å². The Labute approximate surface area is 190 Å². The average Bonchev–Trinajstić information content (AvgIpc) is 3.25. The van der Waals surface area contributed by atoms with E-state index in [1.54, 1.807) is 36.4 Å². The van der Waals surface area contributed by atoms with Crippen LogP contribution in [0.4, 0.5) is 11.4 Å². The fraction of sp³-hybridized carbons (Fsp3) is 0.250. The molecule has 0 spiro atoms. The normalized spacial score (nSPS) is 17.8. The van der Waals surface area contributed by atoms with Gasteiger partial charge in [-0.05, 0) is 30.7 Å². The number of carbonyl (C=O) groups excluding carboxylic acids is 1. The summed E-state index contributed by atoms with van der Waals surface area (Å²) in [7, 11) is 1.60. The summed E-state index contributed by atoms with van der Waals surface area (Å²) in [6.45, 7) is 1.41. The van der Waals surface area contributed by atoms with Crippen LogP contribution in [-0.2, 0) is 0 Å². The number of benzene rings is 2. The number of ether oxygens (including phenoxy) is 2. The molecule has 1 saturated heterocycles. The number of nitrogens with zero attached hydrogens (tertiary/aromatic N) is 3. The predicted molar refractivity (Wildman–Crippen MR) is 123 cm³/mol. The summed E-state index contributed by atoms with van der Waals surface area (Å²) in [5, 5.41) is 10.5. The summed E-state index contributed by atoms with van der Waals surface area (Å²) in [5.74, 6) is 0.958. The minimum Gasteiger partial charge on any atom is -0.495 e. The molecule has 0 bridgehead atoms. The van der Waals surface area contributed by atoms with E-state index in [0.29, 0.717) is 40.0 Å². The van der Waals surface area contributed by atoms with Gasteiger partial charge in [-0.2, -0.15) is 0 Å². The van der Waals surface area contributed by atoms with Gasteiger partial charge in [0, 0.05) is 42.0 Å². The lowest BCUT2D eigenvalue weighted by atomic mass is 10.1. The Bertz CT molecular complexity index is 1170. The van der Waals surface area contributed by atoms with Crippen molar-refractivity contribution in [3.8, 4) is 22.8 Å². The van der Waals surface area contributed by atoms with Gasteiger partial charge in [0.1, 0.15) is 17.1 Å². The molecule has 7 nitrogen and oxygen atoms in total. The van der Waals surface area contributed by atoms with Crippen molar-refractivity contribution in [1.29, 1.82) is 0 Å². The molecular weight excluding hydrogens is 430 g/mol. The van der Waals surface area contributed by atoms with E-state index in [2.05, 4.69) is 9.88 Å². The van der Waals surface area contributed by atoms with Gasteiger partial charge in [-0.15, -0.1) is 0 Å². The Morgan fingerprint density at radius 3 is 2.72 bits per heavy atom. The Balaban J connectivity index is 1.41. The average molecular weight is 452 g/mol. The number of rotatable bonds is 4. The number of aromatic nitrogens is 1. The van der Waals surface area contributed by atoms with E-state index in [9.17, 15) is 9.90 Å². The number of fused-ring (bicyclic) bond motifs is 1. The van der Waals surface area contributed by atoms with Crippen LogP contribution in [0.2, 0.25) is 5.02 Å². The number of aliphatic hydroxyl groups excluding tert-OH is 1. The van der Waals surface area contributed by atoms with Crippen LogP contribution in [0.15, 0.2) is 54.7 Å². The molecule has 32 heavy (non-hydrogen) atoms. The smallest absolute Gasteiger partial charge is 0.266 e. The summed E-state index contributed by atoms with van der Waals surface area (Å²) >= 11 is 5.96. The molecule has 1 aromatic heterocycles. The highest BCUT2D eigenvalue weighted by molar-refractivity contribution is 6.30. The highest BCUT2D eigenvalue weighted by Gasteiger charge is 2.29. The van der Waals surface area contributed by atoms with Gasteiger partial charge in [-0.25, -0.2) is 0 Å². The number of amides is 1. The zero-order valence-electron chi connectivity index (χ0n) is 17.5. The van der Waals surface area contributed by atoms with Gasteiger partial charge in [0.25, 0.3) is 5.91 Å². The quantitative estimate of drug-likeness (QED) is 0.646. The van der Waals surface area contributed by atoms with Gasteiger partial charge in [-0.1, -0.05) is 23.7 Å². The van der Waals surface area contributed by atoms with E-state index in [1.165, 1.54) is 0 Å². The number of β-amino-alcohol motifs (C(OH)–C–C–N with tert-alkyl or cyclic N) is 1. The maximum atomic E-state index is 13.2. The van der Waals surface area contributed by atoms with Gasteiger partial charge in [0.05, 0.1) is 30.3 Å². The largest absolute Gasteiger partial charge is 0.495 e. The molecule has 8 heteroatoms. The van der Waals surface area contributed by atoms with E-state index in [1.807, 2.05) is 30.3 Å². The fourth-order valence-corrected chi connectivity index (χ4v) is 4.21. The number of pyridine rings is 1. The van der Waals surface area contributed by atoms with Crippen molar-refractivity contribution in [1.82, 2.24) is 4.98 Å². The first-order chi connectivity index (χ1) is 15.5. The van der Waals surface area contributed by atoms with Crippen LogP contribution < -0.4 is 19.3 Å². The SMILES string of the molecule is COc1cc(N2COc3cc(-c4ccc(Cl)cc4)ncc3C2=O)ccc1N1CCC(O)C1. The Morgan fingerprint density at radius 1 is 1.19 bits per heavy atom. The standard InChI is InChI=1S/C24H22ClN3O4/c1-31-23-10-17(6-7-21(23)27-9-8-18(29)13-27)28-14-32-22-11-20(26-12-19(22)24(28)30)15-2-4-16(25)5-3-15/h2-7,10-12,18,29H,8-9,13-14H2,1H3. The third kappa shape index (κ3) is 3.74. The second-order valence-corrected chi connectivity index (χ2v) is 8.26. The van der Waals surface area contributed by atoms with Crippen molar-refractivity contribution in [3.05, 3.63) is 65.3 Å². The summed E-state index contributed by atoms with van der Waals surface area (Å²) in [6, 6.07) is 14.7. The lowest BCUT2D eigenvalue weighted by molar-refractivity contribution is 0.0936. The van der Waals surface area contributed by atoms with Crippen LogP contribution in [0.3, 0.4) is 0 Å². The summed E-state index contributed by atoms with van der Waals surface area (Å²) in [6.07, 6.45) is 1.94. The second-order valence-electron chi connectivity index (χ2n) is 7.82. The van der Waals surface area contributed by atoms with E-state index < -0.39 is 0 Å². The first-order valence-electron chi connectivity index (χ1n) is 10.3. The van der Waals surface area contributed by atoms with Gasteiger partial charge in [-0.3, -0.25) is 14.7 Å². The summed E-state index contributed by atoms with van der Waals surface area (Å²) in [5.41, 5.74) is 3.57. The van der Waals surface area contributed by atoms with Crippen molar-refractivity contribution < 1.29 is 19.4 Å². The lowest BCUT2D eigenvalue weighted by Crippen LogP contribution is -2.38. The number of methoxy groups -OCH3 is 1. The van der Waals surface area contributed by atoms with Crippen LogP contribution in [0.1, 0.15) is 16.8 Å². The summed E-state index contributed by atoms with van der Waals surface area (Å²) in [4.78, 5) is 21.3. The Hall–Kier alpha value is -3.29. The van der Waals surface area contributed by atoms with Crippen LogP contribution in [0.5, 0.6) is 11.5 Å². The first-order valence-corrected chi connectivity index (χ1v) is 10.7. The molecule has 164 valence electrons. The third-order valence-corrected chi connectivity index (χ3v) is 6.06. The number of halogens is 1. The first kappa shape index (κ1) is 20.6. The molecule has 1 atom stereocenters. The number of hydrogen-bond acceptors (Lipinski definition) is 6. The maximum absolute atomic E-state index is 13.2. The molecule has 2 aromatic carbocycles. The van der Waals surface area contributed by atoms with Gasteiger partial charge in [0.15, 0.2) is 6.73 Å². The van der Waals surface area contributed by atoms with Crippen LogP contribution in [0, 0.1) is 0 Å². The molecule has 1 fully saturated rings. The third-order valence-electron chi connectivity index (χ3n) is 5.81.